The maximum absolute atomic E-state index is 14.1. The largest absolute Gasteiger partial charge is 0.507 e. The molecule has 1 unspecified atom stereocenters. The van der Waals surface area contributed by atoms with Gasteiger partial charge in [-0.15, -0.1) is 0 Å². The molecule has 0 aliphatic rings. The number of rotatable bonds is 7. The smallest absolute Gasteiger partial charge is 0.416 e. The molecule has 0 amide bonds. The predicted molar refractivity (Wildman–Crippen MR) is 101 cm³/mol. The van der Waals surface area contributed by atoms with E-state index in [-0.39, 0.29) is 12.3 Å². The number of aromatic hydroxyl groups is 1. The Balaban J connectivity index is 2.49. The zero-order valence-electron chi connectivity index (χ0n) is 16.9. The van der Waals surface area contributed by atoms with Gasteiger partial charge in [0.15, 0.2) is 0 Å². The number of aliphatic carboxylic acids is 1. The van der Waals surface area contributed by atoms with Gasteiger partial charge in [-0.3, -0.25) is 10.1 Å². The van der Waals surface area contributed by atoms with E-state index in [0.717, 1.165) is 12.1 Å². The van der Waals surface area contributed by atoms with Crippen molar-refractivity contribution in [3.05, 3.63) is 53.3 Å². The minimum Gasteiger partial charge on any atom is -0.507 e. The fourth-order valence-corrected chi connectivity index (χ4v) is 3.16. The van der Waals surface area contributed by atoms with Crippen LogP contribution in [0.4, 0.5) is 30.7 Å². The van der Waals surface area contributed by atoms with Gasteiger partial charge >= 0.3 is 18.3 Å². The second-order valence-electron chi connectivity index (χ2n) is 7.63. The summed E-state index contributed by atoms with van der Waals surface area (Å²) >= 11 is 0. The second-order valence-corrected chi connectivity index (χ2v) is 7.63. The van der Waals surface area contributed by atoms with Crippen molar-refractivity contribution in [3.8, 4) is 16.9 Å². The van der Waals surface area contributed by atoms with E-state index in [4.69, 9.17) is 0 Å². The van der Waals surface area contributed by atoms with Gasteiger partial charge < -0.3 is 10.2 Å². The highest BCUT2D eigenvalue weighted by Gasteiger charge is 2.43. The Kier molecular flexibility index (Phi) is 7.44. The second kappa shape index (κ2) is 9.35. The lowest BCUT2D eigenvalue weighted by Crippen LogP contribution is -2.45. The third kappa shape index (κ3) is 6.12. The number of carboxylic acids is 1. The molecule has 11 heteroatoms. The molecule has 0 aliphatic heterocycles. The average Bonchev–Trinajstić information content (AvgIpc) is 2.63. The van der Waals surface area contributed by atoms with Crippen molar-refractivity contribution in [1.29, 1.82) is 0 Å². The van der Waals surface area contributed by atoms with E-state index in [2.05, 4.69) is 0 Å². The molecule has 0 aliphatic carbocycles. The summed E-state index contributed by atoms with van der Waals surface area (Å²) < 4.78 is 93.8. The molecule has 32 heavy (non-hydrogen) atoms. The molecule has 0 aromatic heterocycles. The van der Waals surface area contributed by atoms with Gasteiger partial charge in [-0.05, 0) is 42.2 Å². The number of carbonyl (C=O) groups is 1. The zero-order valence-corrected chi connectivity index (χ0v) is 16.9. The highest BCUT2D eigenvalue weighted by molar-refractivity contribution is 5.74. The van der Waals surface area contributed by atoms with Crippen molar-refractivity contribution in [2.45, 2.75) is 44.7 Å². The first-order chi connectivity index (χ1) is 14.6. The first kappa shape index (κ1) is 25.4. The Labute approximate surface area is 178 Å². The van der Waals surface area contributed by atoms with Crippen LogP contribution in [-0.2, 0) is 11.0 Å². The molecule has 4 nitrogen and oxygen atoms in total. The van der Waals surface area contributed by atoms with Crippen molar-refractivity contribution in [2.75, 3.05) is 0 Å². The molecule has 2 atom stereocenters. The van der Waals surface area contributed by atoms with Crippen LogP contribution in [0.15, 0.2) is 36.4 Å². The van der Waals surface area contributed by atoms with Gasteiger partial charge in [-0.1, -0.05) is 26.0 Å². The first-order valence-electron chi connectivity index (χ1n) is 9.36. The fraction of sp³-hybridized carbons (Fsp3) is 0.381. The first-order valence-corrected chi connectivity index (χ1v) is 9.36. The SMILES string of the molecule is CC(C)C[C@H](NC(c1ccc(-c2cc(C(F)(F)F)ccc2F)c(O)c1)C(F)(F)F)C(=O)O. The van der Waals surface area contributed by atoms with E-state index in [1.807, 2.05) is 5.32 Å². The molecule has 2 aromatic rings. The summed E-state index contributed by atoms with van der Waals surface area (Å²) in [5, 5.41) is 21.5. The lowest BCUT2D eigenvalue weighted by Gasteiger charge is -2.27. The highest BCUT2D eigenvalue weighted by atomic mass is 19.4. The normalized spacial score (nSPS) is 14.4. The number of benzene rings is 2. The molecule has 2 rings (SSSR count). The Morgan fingerprint density at radius 2 is 1.62 bits per heavy atom. The van der Waals surface area contributed by atoms with E-state index < -0.39 is 64.2 Å². The summed E-state index contributed by atoms with van der Waals surface area (Å²) in [5.41, 5.74) is -2.88. The Hall–Kier alpha value is -2.82. The molecule has 0 saturated heterocycles. The van der Waals surface area contributed by atoms with Crippen LogP contribution >= 0.6 is 0 Å². The Morgan fingerprint density at radius 3 is 2.09 bits per heavy atom. The zero-order chi connectivity index (χ0) is 24.4. The molecule has 0 fully saturated rings. The van der Waals surface area contributed by atoms with E-state index >= 15 is 0 Å². The maximum atomic E-state index is 14.1. The number of carboxylic acid groups (broad SMARTS) is 1. The van der Waals surface area contributed by atoms with Crippen molar-refractivity contribution in [3.63, 3.8) is 0 Å². The van der Waals surface area contributed by atoms with Crippen LogP contribution in [-0.4, -0.2) is 28.4 Å². The third-order valence-electron chi connectivity index (χ3n) is 4.64. The molecule has 2 aromatic carbocycles. The summed E-state index contributed by atoms with van der Waals surface area (Å²) in [7, 11) is 0. The predicted octanol–water partition coefficient (Wildman–Crippen LogP) is 5.91. The average molecular weight is 467 g/mol. The Bertz CT molecular complexity index is 971. The van der Waals surface area contributed by atoms with Crippen LogP contribution in [0, 0.1) is 11.7 Å². The summed E-state index contributed by atoms with van der Waals surface area (Å²) in [6, 6.07) is -0.265. The van der Waals surface area contributed by atoms with Gasteiger partial charge in [0.1, 0.15) is 23.7 Å². The maximum Gasteiger partial charge on any atom is 0.416 e. The molecule has 0 spiro atoms. The van der Waals surface area contributed by atoms with E-state index in [1.54, 1.807) is 13.8 Å². The number of alkyl halides is 6. The number of nitrogens with one attached hydrogen (secondary N) is 1. The molecule has 176 valence electrons. The topological polar surface area (TPSA) is 69.6 Å². The number of hydrogen-bond acceptors (Lipinski definition) is 3. The summed E-state index contributed by atoms with van der Waals surface area (Å²) in [6.07, 6.45) is -9.87. The van der Waals surface area contributed by atoms with Crippen LogP contribution in [0.25, 0.3) is 11.1 Å². The van der Waals surface area contributed by atoms with Gasteiger partial charge in [-0.25, -0.2) is 4.39 Å². The van der Waals surface area contributed by atoms with Crippen LogP contribution in [0.3, 0.4) is 0 Å². The molecule has 0 saturated carbocycles. The highest BCUT2D eigenvalue weighted by Crippen LogP contribution is 2.40. The van der Waals surface area contributed by atoms with Crippen molar-refractivity contribution in [1.82, 2.24) is 5.32 Å². The number of phenolic OH excluding ortho intramolecular Hbond substituents is 1. The number of halogens is 7. The molecule has 3 N–H and O–H groups in total. The van der Waals surface area contributed by atoms with Gasteiger partial charge in [0.25, 0.3) is 0 Å². The van der Waals surface area contributed by atoms with E-state index in [0.29, 0.717) is 24.3 Å². The van der Waals surface area contributed by atoms with Crippen molar-refractivity contribution < 1.29 is 45.7 Å². The minimum absolute atomic E-state index is 0.110. The standard InChI is InChI=1S/C21H20F7NO3/c1-10(2)7-16(19(31)32)29-18(21(26,27)28)11-3-5-13(17(30)8-11)14-9-12(20(23,24)25)4-6-15(14)22/h3-6,8-10,16,18,29-30H,7H2,1-2H3,(H,31,32)/t16-,18?/m0/s1. The Morgan fingerprint density at radius 1 is 1.00 bits per heavy atom. The molecular formula is C21H20F7NO3. The lowest BCUT2D eigenvalue weighted by atomic mass is 9.96. The third-order valence-corrected chi connectivity index (χ3v) is 4.64. The fourth-order valence-electron chi connectivity index (χ4n) is 3.16. The van der Waals surface area contributed by atoms with Crippen LogP contribution in [0.1, 0.15) is 37.4 Å². The van der Waals surface area contributed by atoms with E-state index in [9.17, 15) is 45.7 Å². The van der Waals surface area contributed by atoms with Gasteiger partial charge in [0, 0.05) is 11.1 Å². The lowest BCUT2D eigenvalue weighted by molar-refractivity contribution is -0.163. The number of phenols is 1. The summed E-state index contributed by atoms with van der Waals surface area (Å²) in [5.74, 6) is -3.75. The molecule has 0 heterocycles. The van der Waals surface area contributed by atoms with Crippen LogP contribution < -0.4 is 5.32 Å². The summed E-state index contributed by atoms with van der Waals surface area (Å²) in [4.78, 5) is 11.4. The van der Waals surface area contributed by atoms with Crippen LogP contribution in [0.2, 0.25) is 0 Å². The van der Waals surface area contributed by atoms with Crippen molar-refractivity contribution in [2.24, 2.45) is 5.92 Å². The minimum atomic E-state index is -4.96. The summed E-state index contributed by atoms with van der Waals surface area (Å²) in [6.45, 7) is 3.26. The van der Waals surface area contributed by atoms with Gasteiger partial charge in [0.05, 0.1) is 5.56 Å². The molecular weight excluding hydrogens is 447 g/mol. The quantitative estimate of drug-likeness (QED) is 0.443. The number of hydrogen-bond donors (Lipinski definition) is 3. The van der Waals surface area contributed by atoms with E-state index in [1.165, 1.54) is 0 Å². The molecule has 0 bridgehead atoms. The van der Waals surface area contributed by atoms with Gasteiger partial charge in [0.2, 0.25) is 0 Å². The monoisotopic (exact) mass is 467 g/mol. The molecule has 0 radical (unpaired) electrons. The van der Waals surface area contributed by atoms with Crippen molar-refractivity contribution >= 4 is 5.97 Å². The van der Waals surface area contributed by atoms with Gasteiger partial charge in [-0.2, -0.15) is 26.3 Å². The van der Waals surface area contributed by atoms with Crippen LogP contribution in [0.5, 0.6) is 5.75 Å².